The first-order chi connectivity index (χ1) is 12.4. The Labute approximate surface area is 154 Å². The predicted octanol–water partition coefficient (Wildman–Crippen LogP) is 5.86. The largest absolute Gasteiger partial charge is 0.270 e. The van der Waals surface area contributed by atoms with Gasteiger partial charge in [-0.1, -0.05) is 89.3 Å². The minimum Gasteiger partial charge on any atom is -0.184 e. The molecule has 1 aromatic carbocycles. The second kappa shape index (κ2) is 12.7. The number of hydrogen-bond donors (Lipinski definition) is 0. The van der Waals surface area contributed by atoms with Gasteiger partial charge in [-0.05, 0) is 30.1 Å². The molecule has 3 nitrogen and oxygen atoms in total. The molecule has 138 valence electrons. The highest BCUT2D eigenvalue weighted by atomic mass is 15.3. The Morgan fingerprint density at radius 3 is 1.92 bits per heavy atom. The quantitative estimate of drug-likeness (QED) is 0.311. The molecule has 0 saturated heterocycles. The van der Waals surface area contributed by atoms with E-state index >= 15 is 0 Å². The highest BCUT2D eigenvalue weighted by Crippen LogP contribution is 2.12. The van der Waals surface area contributed by atoms with Crippen LogP contribution in [0.3, 0.4) is 0 Å². The maximum atomic E-state index is 4.46. The number of rotatable bonds is 14. The van der Waals surface area contributed by atoms with Gasteiger partial charge in [0.05, 0.1) is 0 Å². The van der Waals surface area contributed by atoms with Crippen LogP contribution in [-0.4, -0.2) is 9.67 Å². The molecule has 1 heterocycles. The molecule has 2 rings (SSSR count). The Hall–Kier alpha value is -1.64. The third-order valence-electron chi connectivity index (χ3n) is 4.88. The average Bonchev–Trinajstić information content (AvgIpc) is 3.12. The number of aromatic nitrogens is 3. The number of unbranched alkanes of at least 4 members (excludes halogenated alkanes) is 11. The fraction of sp³-hybridized carbons (Fsp3) is 0.636. The summed E-state index contributed by atoms with van der Waals surface area (Å²) in [6, 6.07) is 10.4. The van der Waals surface area contributed by atoms with Crippen LogP contribution in [0.1, 0.15) is 84.0 Å². The molecule has 0 unspecified atom stereocenters. The van der Waals surface area contributed by atoms with Crippen molar-refractivity contribution in [3.05, 3.63) is 43.0 Å². The Kier molecular flexibility index (Phi) is 9.99. The molecule has 0 N–H and O–H groups in total. The number of para-hydroxylation sites is 1. The minimum absolute atomic E-state index is 1.03. The first-order valence-electron chi connectivity index (χ1n) is 10.4. The molecule has 0 spiro atoms. The molecule has 0 radical (unpaired) electrons. The summed E-state index contributed by atoms with van der Waals surface area (Å²) in [5.41, 5.74) is 1.17. The third-order valence-corrected chi connectivity index (χ3v) is 4.88. The Bertz CT molecular complexity index is 547. The van der Waals surface area contributed by atoms with Crippen molar-refractivity contribution in [3.63, 3.8) is 0 Å². The Balaban J connectivity index is 1.45. The van der Waals surface area contributed by atoms with E-state index in [-0.39, 0.29) is 0 Å². The van der Waals surface area contributed by atoms with E-state index in [9.17, 15) is 0 Å². The number of hydrogen-bond acceptors (Lipinski definition) is 1. The molecular weight excluding hydrogens is 306 g/mol. The van der Waals surface area contributed by atoms with E-state index in [0.717, 1.165) is 6.54 Å². The Morgan fingerprint density at radius 1 is 0.760 bits per heavy atom. The van der Waals surface area contributed by atoms with Crippen molar-refractivity contribution in [2.45, 2.75) is 90.5 Å². The molecule has 0 aliphatic heterocycles. The van der Waals surface area contributed by atoms with E-state index in [2.05, 4.69) is 51.9 Å². The first-order valence-corrected chi connectivity index (χ1v) is 10.4. The summed E-state index contributed by atoms with van der Waals surface area (Å²) in [5, 5.41) is 4.46. The highest BCUT2D eigenvalue weighted by molar-refractivity contribution is 5.29. The highest BCUT2D eigenvalue weighted by Gasteiger charge is 2.06. The lowest BCUT2D eigenvalue weighted by molar-refractivity contribution is -0.752. The van der Waals surface area contributed by atoms with E-state index in [0.29, 0.717) is 0 Å². The second-order valence-corrected chi connectivity index (χ2v) is 7.14. The minimum atomic E-state index is 1.03. The number of nitrogens with zero attached hydrogens (tertiary/aromatic N) is 3. The van der Waals surface area contributed by atoms with Crippen molar-refractivity contribution in [2.24, 2.45) is 0 Å². The van der Waals surface area contributed by atoms with Crippen molar-refractivity contribution in [3.8, 4) is 5.69 Å². The van der Waals surface area contributed by atoms with E-state index in [4.69, 9.17) is 0 Å². The Morgan fingerprint density at radius 2 is 1.32 bits per heavy atom. The van der Waals surface area contributed by atoms with E-state index in [1.165, 1.54) is 82.7 Å². The van der Waals surface area contributed by atoms with Crippen LogP contribution in [0.5, 0.6) is 0 Å². The van der Waals surface area contributed by atoms with Gasteiger partial charge in [-0.3, -0.25) is 0 Å². The predicted molar refractivity (Wildman–Crippen MR) is 105 cm³/mol. The molecule has 0 atom stereocenters. The smallest absolute Gasteiger partial charge is 0.184 e. The van der Waals surface area contributed by atoms with E-state index < -0.39 is 0 Å². The molecule has 0 fully saturated rings. The molecule has 0 aliphatic carbocycles. The summed E-state index contributed by atoms with van der Waals surface area (Å²) < 4.78 is 4.14. The van der Waals surface area contributed by atoms with E-state index in [1.807, 2.05) is 12.4 Å². The molecule has 0 amide bonds. The van der Waals surface area contributed by atoms with Crippen molar-refractivity contribution in [2.75, 3.05) is 0 Å². The van der Waals surface area contributed by atoms with Gasteiger partial charge in [0.2, 0.25) is 6.33 Å². The van der Waals surface area contributed by atoms with Gasteiger partial charge in [0.1, 0.15) is 12.2 Å². The molecular formula is C22H36N3+. The lowest BCUT2D eigenvalue weighted by atomic mass is 10.1. The monoisotopic (exact) mass is 342 g/mol. The summed E-state index contributed by atoms with van der Waals surface area (Å²) >= 11 is 0. The zero-order valence-corrected chi connectivity index (χ0v) is 16.1. The topological polar surface area (TPSA) is 21.7 Å². The summed E-state index contributed by atoms with van der Waals surface area (Å²) in [7, 11) is 0. The summed E-state index contributed by atoms with van der Waals surface area (Å²) in [6.07, 6.45) is 20.7. The van der Waals surface area contributed by atoms with Crippen LogP contribution in [-0.2, 0) is 6.54 Å². The zero-order chi connectivity index (χ0) is 17.6. The fourth-order valence-electron chi connectivity index (χ4n) is 3.29. The third kappa shape index (κ3) is 8.33. The molecule has 0 aliphatic rings. The summed E-state index contributed by atoms with van der Waals surface area (Å²) in [6.45, 7) is 3.31. The second-order valence-electron chi connectivity index (χ2n) is 7.14. The lowest BCUT2D eigenvalue weighted by Gasteiger charge is -2.02. The normalized spacial score (nSPS) is 11.1. The van der Waals surface area contributed by atoms with Crippen LogP contribution >= 0.6 is 0 Å². The molecule has 2 aromatic rings. The number of benzene rings is 1. The van der Waals surface area contributed by atoms with Gasteiger partial charge in [0.25, 0.3) is 6.33 Å². The van der Waals surface area contributed by atoms with Crippen molar-refractivity contribution in [1.29, 1.82) is 0 Å². The number of aryl methyl sites for hydroxylation is 1. The molecule has 1 aromatic heterocycles. The standard InChI is InChI=1S/C22H36N3/c1-2-3-4-5-6-7-8-9-10-11-12-16-19-25-21-24(20-23-25)22-17-14-13-15-18-22/h13-15,17-18,20-21H,2-12,16,19H2,1H3/q+1. The van der Waals surface area contributed by atoms with Crippen LogP contribution in [0.25, 0.3) is 5.69 Å². The lowest BCUT2D eigenvalue weighted by Crippen LogP contribution is -2.34. The van der Waals surface area contributed by atoms with Crippen LogP contribution in [0.15, 0.2) is 43.0 Å². The van der Waals surface area contributed by atoms with Crippen LogP contribution in [0.2, 0.25) is 0 Å². The maximum absolute atomic E-state index is 4.46. The molecule has 25 heavy (non-hydrogen) atoms. The molecule has 0 bridgehead atoms. The summed E-state index contributed by atoms with van der Waals surface area (Å²) in [5.74, 6) is 0. The van der Waals surface area contributed by atoms with Gasteiger partial charge in [-0.25, -0.2) is 0 Å². The SMILES string of the molecule is CCCCCCCCCCCCCC[n+]1cn(-c2ccccc2)cn1. The molecule has 0 saturated carbocycles. The maximum Gasteiger partial charge on any atom is 0.270 e. The van der Waals surface area contributed by atoms with Crippen LogP contribution < -0.4 is 4.68 Å². The fourth-order valence-corrected chi connectivity index (χ4v) is 3.29. The van der Waals surface area contributed by atoms with Crippen molar-refractivity contribution < 1.29 is 4.68 Å². The van der Waals surface area contributed by atoms with Gasteiger partial charge >= 0.3 is 0 Å². The van der Waals surface area contributed by atoms with Gasteiger partial charge in [-0.15, -0.1) is 4.68 Å². The van der Waals surface area contributed by atoms with Gasteiger partial charge in [-0.2, -0.15) is 4.57 Å². The first kappa shape index (κ1) is 19.7. The average molecular weight is 343 g/mol. The van der Waals surface area contributed by atoms with Gasteiger partial charge in [0, 0.05) is 0 Å². The van der Waals surface area contributed by atoms with Crippen LogP contribution in [0, 0.1) is 0 Å². The van der Waals surface area contributed by atoms with E-state index in [1.54, 1.807) is 0 Å². The van der Waals surface area contributed by atoms with Gasteiger partial charge in [0.15, 0.2) is 0 Å². The van der Waals surface area contributed by atoms with Crippen molar-refractivity contribution in [1.82, 2.24) is 9.67 Å². The van der Waals surface area contributed by atoms with Crippen LogP contribution in [0.4, 0.5) is 0 Å². The zero-order valence-electron chi connectivity index (χ0n) is 16.1. The van der Waals surface area contributed by atoms with Gasteiger partial charge < -0.3 is 0 Å². The molecule has 3 heteroatoms. The summed E-state index contributed by atoms with van der Waals surface area (Å²) in [4.78, 5) is 0. The van der Waals surface area contributed by atoms with Crippen molar-refractivity contribution >= 4 is 0 Å².